The van der Waals surface area contributed by atoms with Gasteiger partial charge in [0.25, 0.3) is 0 Å². The van der Waals surface area contributed by atoms with E-state index in [-0.39, 0.29) is 23.2 Å². The Balaban J connectivity index is 1.46. The van der Waals surface area contributed by atoms with Crippen LogP contribution >= 0.6 is 27.5 Å². The number of halogens is 3. The van der Waals surface area contributed by atoms with Crippen LogP contribution in [0.3, 0.4) is 0 Å². The van der Waals surface area contributed by atoms with Gasteiger partial charge in [0, 0.05) is 15.6 Å². The highest BCUT2D eigenvalue weighted by Crippen LogP contribution is 2.57. The summed E-state index contributed by atoms with van der Waals surface area (Å²) < 4.78 is 31.0. The molecule has 1 aliphatic heterocycles. The minimum absolute atomic E-state index is 0.00349. The van der Waals surface area contributed by atoms with Crippen LogP contribution in [0.5, 0.6) is 11.5 Å². The number of methoxy groups -OCH3 is 1. The third-order valence-electron chi connectivity index (χ3n) is 6.64. The zero-order valence-corrected chi connectivity index (χ0v) is 19.1. The van der Waals surface area contributed by atoms with Gasteiger partial charge < -0.3 is 19.5 Å². The van der Waals surface area contributed by atoms with Crippen LogP contribution in [0.25, 0.3) is 6.08 Å². The molecule has 2 aromatic carbocycles. The second-order valence-corrected chi connectivity index (χ2v) is 9.46. The fraction of sp³-hybridized carbons (Fsp3) is 0.348. The lowest BCUT2D eigenvalue weighted by Crippen LogP contribution is -2.52. The molecule has 3 aliphatic rings. The quantitative estimate of drug-likeness (QED) is 0.532. The van der Waals surface area contributed by atoms with E-state index in [4.69, 9.17) is 25.8 Å². The summed E-state index contributed by atoms with van der Waals surface area (Å²) in [6.45, 7) is 0.228. The second-order valence-electron chi connectivity index (χ2n) is 8.19. The van der Waals surface area contributed by atoms with Crippen LogP contribution in [-0.2, 0) is 14.9 Å². The predicted octanol–water partition coefficient (Wildman–Crippen LogP) is 5.79. The molecule has 0 unspecified atom stereocenters. The van der Waals surface area contributed by atoms with Gasteiger partial charge in [0.15, 0.2) is 11.5 Å². The first kappa shape index (κ1) is 20.6. The number of benzene rings is 2. The summed E-state index contributed by atoms with van der Waals surface area (Å²) in [5.41, 5.74) is 1.69. The van der Waals surface area contributed by atoms with Gasteiger partial charge in [0.1, 0.15) is 11.4 Å². The van der Waals surface area contributed by atoms with Crippen LogP contribution in [0.2, 0.25) is 5.02 Å². The molecule has 1 fully saturated rings. The second kappa shape index (κ2) is 7.41. The van der Waals surface area contributed by atoms with E-state index >= 15 is 0 Å². The topological polar surface area (TPSA) is 56.8 Å². The molecule has 5 rings (SSSR count). The molecule has 31 heavy (non-hydrogen) atoms. The van der Waals surface area contributed by atoms with E-state index in [1.165, 1.54) is 24.8 Å². The van der Waals surface area contributed by atoms with Crippen molar-refractivity contribution in [3.63, 3.8) is 0 Å². The largest absolute Gasteiger partial charge is 0.467 e. The van der Waals surface area contributed by atoms with Crippen LogP contribution < -0.4 is 14.8 Å². The maximum Gasteiger partial charge on any atom is 0.331 e. The molecule has 162 valence electrons. The predicted molar refractivity (Wildman–Crippen MR) is 119 cm³/mol. The Hall–Kier alpha value is -2.25. The lowest BCUT2D eigenvalue weighted by Gasteiger charge is -2.45. The molecule has 0 bridgehead atoms. The van der Waals surface area contributed by atoms with Crippen LogP contribution in [-0.4, -0.2) is 25.4 Å². The summed E-state index contributed by atoms with van der Waals surface area (Å²) in [6, 6.07) is 8.43. The van der Waals surface area contributed by atoms with Gasteiger partial charge in [-0.15, -0.1) is 0 Å². The van der Waals surface area contributed by atoms with E-state index < -0.39 is 11.4 Å². The molecule has 0 amide bonds. The molecule has 1 spiro atoms. The Morgan fingerprint density at radius 2 is 1.87 bits per heavy atom. The van der Waals surface area contributed by atoms with Crippen molar-refractivity contribution >= 4 is 45.3 Å². The smallest absolute Gasteiger partial charge is 0.331 e. The lowest BCUT2D eigenvalue weighted by molar-refractivity contribution is -0.147. The van der Waals surface area contributed by atoms with E-state index in [2.05, 4.69) is 33.4 Å². The highest BCUT2D eigenvalue weighted by atomic mass is 79.9. The SMILES string of the molecule is COC(=O)C1(Nc2ccc(F)c(Cl)c2)CCC2(CC1)C(Br)=Cc1cc3c(cc12)OCO3. The number of hydrogen-bond acceptors (Lipinski definition) is 5. The van der Waals surface area contributed by atoms with E-state index in [0.717, 1.165) is 21.5 Å². The number of esters is 1. The maximum absolute atomic E-state index is 13.6. The van der Waals surface area contributed by atoms with Gasteiger partial charge in [-0.3, -0.25) is 0 Å². The van der Waals surface area contributed by atoms with Crippen molar-refractivity contribution in [2.24, 2.45) is 0 Å². The third-order valence-corrected chi connectivity index (χ3v) is 7.91. The minimum Gasteiger partial charge on any atom is -0.467 e. The number of anilines is 1. The van der Waals surface area contributed by atoms with E-state index in [0.29, 0.717) is 31.4 Å². The fourth-order valence-corrected chi connectivity index (χ4v) is 5.97. The first-order valence-corrected chi connectivity index (χ1v) is 11.2. The van der Waals surface area contributed by atoms with Gasteiger partial charge in [0.05, 0.1) is 12.1 Å². The van der Waals surface area contributed by atoms with Crippen molar-refractivity contribution in [1.82, 2.24) is 0 Å². The molecule has 0 saturated heterocycles. The normalized spacial score (nSPS) is 25.9. The highest BCUT2D eigenvalue weighted by molar-refractivity contribution is 9.11. The number of rotatable bonds is 3. The van der Waals surface area contributed by atoms with Gasteiger partial charge >= 0.3 is 5.97 Å². The molecule has 8 heteroatoms. The monoisotopic (exact) mass is 507 g/mol. The van der Waals surface area contributed by atoms with Gasteiger partial charge in [-0.25, -0.2) is 9.18 Å². The number of carbonyl (C=O) groups excluding carboxylic acids is 1. The number of nitrogens with one attached hydrogen (secondary N) is 1. The molecule has 1 heterocycles. The number of hydrogen-bond donors (Lipinski definition) is 1. The number of carbonyl (C=O) groups is 1. The van der Waals surface area contributed by atoms with Gasteiger partial charge in [-0.2, -0.15) is 0 Å². The molecule has 0 atom stereocenters. The maximum atomic E-state index is 13.6. The van der Waals surface area contributed by atoms with Gasteiger partial charge in [0.2, 0.25) is 6.79 Å². The van der Waals surface area contributed by atoms with Crippen LogP contribution in [0.15, 0.2) is 34.8 Å². The van der Waals surface area contributed by atoms with E-state index in [9.17, 15) is 9.18 Å². The fourth-order valence-electron chi connectivity index (χ4n) is 4.93. The molecule has 1 N–H and O–H groups in total. The summed E-state index contributed by atoms with van der Waals surface area (Å²) in [5, 5.41) is 3.30. The van der Waals surface area contributed by atoms with E-state index in [1.807, 2.05) is 6.07 Å². The molecular formula is C23H20BrClFNO4. The molecule has 0 radical (unpaired) electrons. The van der Waals surface area contributed by atoms with Crippen molar-refractivity contribution in [1.29, 1.82) is 0 Å². The first-order chi connectivity index (χ1) is 14.9. The molecule has 2 aliphatic carbocycles. The first-order valence-electron chi connectivity index (χ1n) is 10.0. The Morgan fingerprint density at radius 1 is 1.16 bits per heavy atom. The van der Waals surface area contributed by atoms with Crippen molar-refractivity contribution in [2.45, 2.75) is 36.6 Å². The number of fused-ring (bicyclic) bond motifs is 3. The minimum atomic E-state index is -0.923. The Bertz CT molecular complexity index is 1110. The molecule has 0 aromatic heterocycles. The standard InChI is InChI=1S/C23H20BrClFNO4/c1-29-21(28)23(27-14-2-3-17(26)16(25)10-14)6-4-22(5-7-23)15-11-19-18(30-12-31-19)8-13(15)9-20(22)24/h2-3,8-11,27H,4-7,12H2,1H3. The van der Waals surface area contributed by atoms with Crippen molar-refractivity contribution < 1.29 is 23.4 Å². The Labute approximate surface area is 192 Å². The summed E-state index contributed by atoms with van der Waals surface area (Å²) >= 11 is 9.73. The number of allylic oxidation sites excluding steroid dienone is 1. The Kier molecular flexibility index (Phi) is 4.94. The van der Waals surface area contributed by atoms with Crippen LogP contribution in [0.4, 0.5) is 10.1 Å². The summed E-state index contributed by atoms with van der Waals surface area (Å²) in [7, 11) is 1.38. The summed E-state index contributed by atoms with van der Waals surface area (Å²) in [5.74, 6) is 0.656. The molecular weight excluding hydrogens is 489 g/mol. The highest BCUT2D eigenvalue weighted by Gasteiger charge is 2.52. The zero-order valence-electron chi connectivity index (χ0n) is 16.8. The average molecular weight is 509 g/mol. The van der Waals surface area contributed by atoms with Crippen LogP contribution in [0.1, 0.15) is 36.8 Å². The summed E-state index contributed by atoms with van der Waals surface area (Å²) in [6.07, 6.45) is 4.62. The zero-order chi connectivity index (χ0) is 21.8. The average Bonchev–Trinajstić information content (AvgIpc) is 3.32. The van der Waals surface area contributed by atoms with E-state index in [1.54, 1.807) is 6.07 Å². The molecule has 5 nitrogen and oxygen atoms in total. The van der Waals surface area contributed by atoms with Crippen molar-refractivity contribution in [2.75, 3.05) is 19.2 Å². The van der Waals surface area contributed by atoms with Crippen molar-refractivity contribution in [3.05, 3.63) is 56.8 Å². The molecule has 1 saturated carbocycles. The van der Waals surface area contributed by atoms with Crippen molar-refractivity contribution in [3.8, 4) is 11.5 Å². The van der Waals surface area contributed by atoms with Gasteiger partial charge in [-0.1, -0.05) is 27.5 Å². The van der Waals surface area contributed by atoms with Crippen LogP contribution in [0, 0.1) is 5.82 Å². The third kappa shape index (κ3) is 3.21. The van der Waals surface area contributed by atoms with Gasteiger partial charge in [-0.05, 0) is 73.2 Å². The summed E-state index contributed by atoms with van der Waals surface area (Å²) in [4.78, 5) is 12.9. The number of ether oxygens (including phenoxy) is 3. The lowest BCUT2D eigenvalue weighted by atomic mass is 9.65. The molecule has 2 aromatic rings. The Morgan fingerprint density at radius 3 is 2.55 bits per heavy atom.